The molecule has 0 bridgehead atoms. The highest BCUT2D eigenvalue weighted by Gasteiger charge is 2.25. The molecule has 0 aliphatic carbocycles. The second kappa shape index (κ2) is 11.7. The Hall–Kier alpha value is 0.0900. The van der Waals surface area contributed by atoms with Crippen molar-refractivity contribution >= 4 is 27.6 Å². The molecule has 6 heteroatoms. The predicted molar refractivity (Wildman–Crippen MR) is 108 cm³/mol. The number of carbonyl (C=O) groups excluding carboxylic acids is 1. The molecule has 0 N–H and O–H groups in total. The lowest BCUT2D eigenvalue weighted by Gasteiger charge is -2.29. The third kappa shape index (κ3) is 11.4. The Kier molecular flexibility index (Phi) is 10.9. The second-order valence-electron chi connectivity index (χ2n) is 7.91. The van der Waals surface area contributed by atoms with Crippen molar-refractivity contribution in [2.45, 2.75) is 89.1 Å². The lowest BCUT2D eigenvalue weighted by molar-refractivity contribution is -0.159. The number of methoxy groups -OCH3 is 1. The number of esters is 1. The van der Waals surface area contributed by atoms with Gasteiger partial charge in [-0.1, -0.05) is 28.0 Å². The Bertz CT molecular complexity index is 380. The SMILES string of the molecule is COCCC(C)(C)OCCC(C)(C)OC(=O)CCCCC1CCSS1. The Labute approximate surface area is 161 Å². The van der Waals surface area contributed by atoms with Crippen LogP contribution in [0.5, 0.6) is 0 Å². The van der Waals surface area contributed by atoms with Crippen molar-refractivity contribution in [3.8, 4) is 0 Å². The monoisotopic (exact) mass is 392 g/mol. The summed E-state index contributed by atoms with van der Waals surface area (Å²) in [6.45, 7) is 9.31. The molecule has 4 nitrogen and oxygen atoms in total. The molecule has 0 aromatic carbocycles. The normalized spacial score (nSPS) is 18.5. The summed E-state index contributed by atoms with van der Waals surface area (Å²) in [5.41, 5.74) is -0.695. The smallest absolute Gasteiger partial charge is 0.306 e. The molecule has 1 aliphatic rings. The summed E-state index contributed by atoms with van der Waals surface area (Å²) in [6.07, 6.45) is 6.65. The maximum Gasteiger partial charge on any atom is 0.306 e. The molecule has 148 valence electrons. The molecule has 1 rings (SSSR count). The molecule has 0 aromatic heterocycles. The van der Waals surface area contributed by atoms with Gasteiger partial charge < -0.3 is 14.2 Å². The van der Waals surface area contributed by atoms with Gasteiger partial charge in [-0.3, -0.25) is 4.79 Å². The summed E-state index contributed by atoms with van der Waals surface area (Å²) in [6, 6.07) is 0. The Balaban J connectivity index is 2.14. The Morgan fingerprint density at radius 1 is 1.08 bits per heavy atom. The van der Waals surface area contributed by atoms with E-state index in [0.29, 0.717) is 26.1 Å². The number of hydrogen-bond acceptors (Lipinski definition) is 6. The van der Waals surface area contributed by atoms with Crippen molar-refractivity contribution in [3.05, 3.63) is 0 Å². The molecule has 0 spiro atoms. The summed E-state index contributed by atoms with van der Waals surface area (Å²) in [5.74, 6) is 1.19. The van der Waals surface area contributed by atoms with E-state index in [1.807, 2.05) is 35.4 Å². The molecule has 0 radical (unpaired) electrons. The second-order valence-corrected chi connectivity index (χ2v) is 10.7. The van der Waals surface area contributed by atoms with E-state index in [4.69, 9.17) is 14.2 Å². The first-order valence-electron chi connectivity index (χ1n) is 9.37. The molecule has 1 atom stereocenters. The van der Waals surface area contributed by atoms with E-state index in [9.17, 15) is 4.79 Å². The first-order chi connectivity index (χ1) is 11.7. The molecule has 1 fully saturated rings. The highest BCUT2D eigenvalue weighted by molar-refractivity contribution is 8.77. The van der Waals surface area contributed by atoms with Gasteiger partial charge in [-0.2, -0.15) is 0 Å². The van der Waals surface area contributed by atoms with Crippen LogP contribution in [-0.4, -0.2) is 48.5 Å². The van der Waals surface area contributed by atoms with Gasteiger partial charge in [0, 0.05) is 37.6 Å². The van der Waals surface area contributed by atoms with E-state index in [1.54, 1.807) is 7.11 Å². The van der Waals surface area contributed by atoms with E-state index in [-0.39, 0.29) is 11.6 Å². The van der Waals surface area contributed by atoms with Gasteiger partial charge in [0.05, 0.1) is 12.2 Å². The van der Waals surface area contributed by atoms with Crippen molar-refractivity contribution < 1.29 is 19.0 Å². The Morgan fingerprint density at radius 2 is 1.80 bits per heavy atom. The van der Waals surface area contributed by atoms with Crippen LogP contribution in [0.2, 0.25) is 0 Å². The summed E-state index contributed by atoms with van der Waals surface area (Å²) >= 11 is 0. The minimum absolute atomic E-state index is 0.0860. The number of rotatable bonds is 13. The Morgan fingerprint density at radius 3 is 2.44 bits per heavy atom. The van der Waals surface area contributed by atoms with Crippen LogP contribution in [0.25, 0.3) is 0 Å². The predicted octanol–water partition coefficient (Wildman–Crippen LogP) is 5.24. The minimum Gasteiger partial charge on any atom is -0.460 e. The molecule has 1 unspecified atom stereocenters. The van der Waals surface area contributed by atoms with Crippen LogP contribution >= 0.6 is 21.6 Å². The van der Waals surface area contributed by atoms with Crippen LogP contribution < -0.4 is 0 Å². The third-order valence-electron chi connectivity index (χ3n) is 4.38. The van der Waals surface area contributed by atoms with Crippen molar-refractivity contribution in [3.63, 3.8) is 0 Å². The summed E-state index contributed by atoms with van der Waals surface area (Å²) < 4.78 is 16.7. The molecule has 1 saturated heterocycles. The minimum atomic E-state index is -0.480. The van der Waals surface area contributed by atoms with Gasteiger partial charge in [-0.25, -0.2) is 0 Å². The van der Waals surface area contributed by atoms with Gasteiger partial charge in [0.25, 0.3) is 0 Å². The molecule has 0 saturated carbocycles. The van der Waals surface area contributed by atoms with Crippen molar-refractivity contribution in [1.82, 2.24) is 0 Å². The van der Waals surface area contributed by atoms with Crippen LogP contribution in [0, 0.1) is 0 Å². The van der Waals surface area contributed by atoms with E-state index in [0.717, 1.165) is 24.5 Å². The number of ether oxygens (including phenoxy) is 3. The molecule has 1 aliphatic heterocycles. The van der Waals surface area contributed by atoms with E-state index in [2.05, 4.69) is 13.8 Å². The van der Waals surface area contributed by atoms with Crippen LogP contribution in [0.4, 0.5) is 0 Å². The lowest BCUT2D eigenvalue weighted by Crippen LogP contribution is -2.33. The fourth-order valence-electron chi connectivity index (χ4n) is 2.61. The zero-order valence-electron chi connectivity index (χ0n) is 16.6. The maximum atomic E-state index is 12.1. The fraction of sp³-hybridized carbons (Fsp3) is 0.947. The molecule has 0 aromatic rings. The van der Waals surface area contributed by atoms with Gasteiger partial charge >= 0.3 is 5.97 Å². The van der Waals surface area contributed by atoms with Crippen molar-refractivity contribution in [2.75, 3.05) is 26.1 Å². The topological polar surface area (TPSA) is 44.8 Å². The van der Waals surface area contributed by atoms with E-state index >= 15 is 0 Å². The van der Waals surface area contributed by atoms with Crippen LogP contribution in [0.1, 0.15) is 72.6 Å². The number of unbranched alkanes of at least 4 members (excludes halogenated alkanes) is 1. The lowest BCUT2D eigenvalue weighted by atomic mass is 10.0. The van der Waals surface area contributed by atoms with Crippen LogP contribution in [0.3, 0.4) is 0 Å². The van der Waals surface area contributed by atoms with Gasteiger partial charge in [-0.15, -0.1) is 0 Å². The molecular formula is C19H36O4S2. The first-order valence-corrected chi connectivity index (χ1v) is 11.8. The molecular weight excluding hydrogens is 356 g/mol. The molecule has 0 amide bonds. The highest BCUT2D eigenvalue weighted by Crippen LogP contribution is 2.39. The summed E-state index contributed by atoms with van der Waals surface area (Å²) in [7, 11) is 5.68. The quantitative estimate of drug-likeness (QED) is 0.242. The van der Waals surface area contributed by atoms with Crippen LogP contribution in [-0.2, 0) is 19.0 Å². The highest BCUT2D eigenvalue weighted by atomic mass is 33.1. The molecule has 1 heterocycles. The fourth-order valence-corrected chi connectivity index (χ4v) is 5.64. The summed E-state index contributed by atoms with van der Waals surface area (Å²) in [5, 5.41) is 0.788. The van der Waals surface area contributed by atoms with Gasteiger partial charge in [0.1, 0.15) is 5.60 Å². The summed E-state index contributed by atoms with van der Waals surface area (Å²) in [4.78, 5) is 12.1. The third-order valence-corrected chi connectivity index (χ3v) is 7.39. The largest absolute Gasteiger partial charge is 0.460 e. The average Bonchev–Trinajstić information content (AvgIpc) is 3.02. The van der Waals surface area contributed by atoms with E-state index in [1.165, 1.54) is 18.6 Å². The van der Waals surface area contributed by atoms with Crippen molar-refractivity contribution in [2.24, 2.45) is 0 Å². The standard InChI is InChI=1S/C19H36O4S2/c1-18(2,11-13-21-5)22-14-12-19(3,4)23-17(20)9-7-6-8-16-10-15-24-25-16/h16H,6-15H2,1-5H3. The number of hydrogen-bond donors (Lipinski definition) is 0. The zero-order valence-corrected chi connectivity index (χ0v) is 18.2. The number of carbonyl (C=O) groups is 1. The van der Waals surface area contributed by atoms with E-state index < -0.39 is 5.60 Å². The zero-order chi connectivity index (χ0) is 18.8. The first kappa shape index (κ1) is 23.1. The van der Waals surface area contributed by atoms with Crippen LogP contribution in [0.15, 0.2) is 0 Å². The van der Waals surface area contributed by atoms with Gasteiger partial charge in [0.15, 0.2) is 0 Å². The van der Waals surface area contributed by atoms with Crippen molar-refractivity contribution in [1.29, 1.82) is 0 Å². The average molecular weight is 393 g/mol. The maximum absolute atomic E-state index is 12.1. The molecule has 25 heavy (non-hydrogen) atoms. The van der Waals surface area contributed by atoms with Gasteiger partial charge in [0.2, 0.25) is 0 Å². The van der Waals surface area contributed by atoms with Gasteiger partial charge in [-0.05, 0) is 53.4 Å².